The van der Waals surface area contributed by atoms with Crippen LogP contribution in [-0.2, 0) is 9.47 Å². The average molecular weight is 263 g/mol. The molecule has 2 atom stereocenters. The maximum absolute atomic E-state index is 5.43. The Morgan fingerprint density at radius 2 is 1.95 bits per heavy atom. The Kier molecular flexibility index (Phi) is 5.83. The zero-order valence-corrected chi connectivity index (χ0v) is 12.0. The van der Waals surface area contributed by atoms with Gasteiger partial charge in [-0.05, 0) is 31.2 Å². The molecule has 1 heterocycles. The van der Waals surface area contributed by atoms with E-state index in [9.17, 15) is 0 Å². The van der Waals surface area contributed by atoms with Gasteiger partial charge in [0.2, 0.25) is 0 Å². The zero-order chi connectivity index (χ0) is 13.5. The van der Waals surface area contributed by atoms with Gasteiger partial charge in [0, 0.05) is 26.4 Å². The highest BCUT2D eigenvalue weighted by Crippen LogP contribution is 2.22. The van der Waals surface area contributed by atoms with Crippen LogP contribution in [0.25, 0.3) is 0 Å². The van der Waals surface area contributed by atoms with Crippen molar-refractivity contribution in [1.82, 2.24) is 5.32 Å². The van der Waals surface area contributed by atoms with E-state index < -0.39 is 0 Å². The van der Waals surface area contributed by atoms with Crippen LogP contribution in [0.5, 0.6) is 0 Å². The molecule has 0 aromatic heterocycles. The molecule has 19 heavy (non-hydrogen) atoms. The minimum Gasteiger partial charge on any atom is -0.383 e. The van der Waals surface area contributed by atoms with E-state index in [0.29, 0.717) is 18.6 Å². The maximum atomic E-state index is 5.43. The van der Waals surface area contributed by atoms with Crippen molar-refractivity contribution in [2.45, 2.75) is 31.8 Å². The van der Waals surface area contributed by atoms with E-state index in [2.05, 4.69) is 42.6 Å². The average Bonchev–Trinajstić information content (AvgIpc) is 2.48. The smallest absolute Gasteiger partial charge is 0.0657 e. The molecular weight excluding hydrogens is 238 g/mol. The first-order valence-electron chi connectivity index (χ1n) is 7.19. The van der Waals surface area contributed by atoms with E-state index in [1.54, 1.807) is 7.11 Å². The number of ether oxygens (including phenoxy) is 2. The van der Waals surface area contributed by atoms with Gasteiger partial charge in [-0.15, -0.1) is 0 Å². The molecule has 2 rings (SSSR count). The van der Waals surface area contributed by atoms with E-state index in [4.69, 9.17) is 9.47 Å². The molecule has 0 spiro atoms. The van der Waals surface area contributed by atoms with Gasteiger partial charge in [-0.3, -0.25) is 0 Å². The molecule has 0 amide bonds. The quantitative estimate of drug-likeness (QED) is 0.856. The lowest BCUT2D eigenvalue weighted by molar-refractivity contribution is 0.0517. The van der Waals surface area contributed by atoms with Crippen molar-refractivity contribution in [1.29, 1.82) is 0 Å². The normalized spacial score (nSPS) is 20.1. The topological polar surface area (TPSA) is 30.5 Å². The van der Waals surface area contributed by atoms with Gasteiger partial charge >= 0.3 is 0 Å². The molecule has 1 aliphatic heterocycles. The molecule has 3 heteroatoms. The van der Waals surface area contributed by atoms with Gasteiger partial charge in [0.1, 0.15) is 0 Å². The van der Waals surface area contributed by atoms with Crippen LogP contribution < -0.4 is 5.32 Å². The summed E-state index contributed by atoms with van der Waals surface area (Å²) >= 11 is 0. The van der Waals surface area contributed by atoms with Crippen molar-refractivity contribution in [2.24, 2.45) is 5.92 Å². The number of methoxy groups -OCH3 is 1. The zero-order valence-electron chi connectivity index (χ0n) is 12.0. The maximum Gasteiger partial charge on any atom is 0.0657 e. The molecule has 1 fully saturated rings. The molecule has 1 aromatic rings. The first-order chi connectivity index (χ1) is 9.31. The van der Waals surface area contributed by atoms with Gasteiger partial charge in [-0.2, -0.15) is 0 Å². The molecule has 0 bridgehead atoms. The summed E-state index contributed by atoms with van der Waals surface area (Å²) in [5.74, 6) is 0.705. The third kappa shape index (κ3) is 4.30. The highest BCUT2D eigenvalue weighted by atomic mass is 16.5. The van der Waals surface area contributed by atoms with Gasteiger partial charge in [0.05, 0.1) is 12.6 Å². The largest absolute Gasteiger partial charge is 0.383 e. The van der Waals surface area contributed by atoms with Crippen LogP contribution in [0.3, 0.4) is 0 Å². The molecule has 0 saturated carbocycles. The standard InChI is InChI=1S/C16H25NO2/c1-13(14-8-10-19-11-9-14)17-16(12-18-2)15-6-4-3-5-7-15/h3-7,13-14,16-17H,8-12H2,1-2H3. The lowest BCUT2D eigenvalue weighted by Gasteiger charge is -2.31. The molecule has 0 radical (unpaired) electrons. The monoisotopic (exact) mass is 263 g/mol. The van der Waals surface area contributed by atoms with Crippen LogP contribution in [0, 0.1) is 5.92 Å². The van der Waals surface area contributed by atoms with Gasteiger partial charge in [0.25, 0.3) is 0 Å². The second kappa shape index (κ2) is 7.63. The molecule has 3 nitrogen and oxygen atoms in total. The second-order valence-corrected chi connectivity index (χ2v) is 5.32. The minimum absolute atomic E-state index is 0.268. The molecule has 0 aliphatic carbocycles. The van der Waals surface area contributed by atoms with Crippen molar-refractivity contribution in [3.63, 3.8) is 0 Å². The highest BCUT2D eigenvalue weighted by molar-refractivity contribution is 5.19. The third-order valence-electron chi connectivity index (χ3n) is 3.97. The number of rotatable bonds is 6. The van der Waals surface area contributed by atoms with Gasteiger partial charge in [-0.1, -0.05) is 30.3 Å². The Hall–Kier alpha value is -0.900. The van der Waals surface area contributed by atoms with Crippen LogP contribution in [0.1, 0.15) is 31.4 Å². The van der Waals surface area contributed by atoms with Crippen molar-refractivity contribution in [3.05, 3.63) is 35.9 Å². The number of nitrogens with one attached hydrogen (secondary N) is 1. The molecule has 1 aliphatic rings. The Morgan fingerprint density at radius 3 is 2.58 bits per heavy atom. The molecule has 2 unspecified atom stereocenters. The summed E-state index contributed by atoms with van der Waals surface area (Å²) in [4.78, 5) is 0. The first-order valence-corrected chi connectivity index (χ1v) is 7.19. The summed E-state index contributed by atoms with van der Waals surface area (Å²) in [5.41, 5.74) is 1.29. The van der Waals surface area contributed by atoms with Crippen molar-refractivity contribution < 1.29 is 9.47 Å². The summed E-state index contributed by atoms with van der Waals surface area (Å²) in [6.45, 7) is 4.78. The highest BCUT2D eigenvalue weighted by Gasteiger charge is 2.23. The van der Waals surface area contributed by atoms with Crippen LogP contribution in [0.2, 0.25) is 0 Å². The van der Waals surface area contributed by atoms with E-state index in [0.717, 1.165) is 26.1 Å². The Morgan fingerprint density at radius 1 is 1.26 bits per heavy atom. The fourth-order valence-electron chi connectivity index (χ4n) is 2.76. The Bertz CT molecular complexity index is 349. The third-order valence-corrected chi connectivity index (χ3v) is 3.97. The number of hydrogen-bond acceptors (Lipinski definition) is 3. The predicted octanol–water partition coefficient (Wildman–Crippen LogP) is 2.78. The van der Waals surface area contributed by atoms with Crippen LogP contribution >= 0.6 is 0 Å². The van der Waals surface area contributed by atoms with E-state index in [1.807, 2.05) is 0 Å². The summed E-state index contributed by atoms with van der Waals surface area (Å²) < 4.78 is 10.8. The molecular formula is C16H25NO2. The molecule has 106 valence electrons. The van der Waals surface area contributed by atoms with E-state index >= 15 is 0 Å². The van der Waals surface area contributed by atoms with Crippen molar-refractivity contribution >= 4 is 0 Å². The van der Waals surface area contributed by atoms with Crippen molar-refractivity contribution in [3.8, 4) is 0 Å². The Labute approximate surface area is 116 Å². The SMILES string of the molecule is COCC(NC(C)C1CCOCC1)c1ccccc1. The first kappa shape index (κ1) is 14.5. The molecule has 1 N–H and O–H groups in total. The minimum atomic E-state index is 0.268. The molecule has 1 saturated heterocycles. The van der Waals surface area contributed by atoms with E-state index in [-0.39, 0.29) is 6.04 Å². The lowest BCUT2D eigenvalue weighted by atomic mass is 9.92. The summed E-state index contributed by atoms with van der Waals surface area (Å²) in [6, 6.07) is 11.3. The predicted molar refractivity (Wildman–Crippen MR) is 77.2 cm³/mol. The number of benzene rings is 1. The van der Waals surface area contributed by atoms with Gasteiger partial charge in [-0.25, -0.2) is 0 Å². The second-order valence-electron chi connectivity index (χ2n) is 5.32. The Balaban J connectivity index is 1.96. The summed E-state index contributed by atoms with van der Waals surface area (Å²) in [6.07, 6.45) is 2.31. The summed E-state index contributed by atoms with van der Waals surface area (Å²) in [5, 5.41) is 3.72. The van der Waals surface area contributed by atoms with Crippen LogP contribution in [0.15, 0.2) is 30.3 Å². The lowest BCUT2D eigenvalue weighted by Crippen LogP contribution is -2.40. The fourth-order valence-corrected chi connectivity index (χ4v) is 2.76. The fraction of sp³-hybridized carbons (Fsp3) is 0.625. The number of hydrogen-bond donors (Lipinski definition) is 1. The van der Waals surface area contributed by atoms with Gasteiger partial charge in [0.15, 0.2) is 0 Å². The molecule has 1 aromatic carbocycles. The summed E-state index contributed by atoms with van der Waals surface area (Å²) in [7, 11) is 1.76. The van der Waals surface area contributed by atoms with Crippen molar-refractivity contribution in [2.75, 3.05) is 26.9 Å². The van der Waals surface area contributed by atoms with E-state index in [1.165, 1.54) is 5.56 Å². The van der Waals surface area contributed by atoms with Crippen LogP contribution in [0.4, 0.5) is 0 Å². The van der Waals surface area contributed by atoms with Gasteiger partial charge < -0.3 is 14.8 Å². The van der Waals surface area contributed by atoms with Crippen LogP contribution in [-0.4, -0.2) is 33.0 Å².